The number of nitrogens with zero attached hydrogens (tertiary/aromatic N) is 1. The van der Waals surface area contributed by atoms with E-state index >= 15 is 0 Å². The number of hydrogen-bond acceptors (Lipinski definition) is 0. The maximum absolute atomic E-state index is 3.56. The average molecular weight is 434 g/mol. The van der Waals surface area contributed by atoms with E-state index in [2.05, 4.69) is 49.6 Å². The molecule has 0 aliphatic rings. The number of imidazole rings is 1. The monoisotopic (exact) mass is 433 g/mol. The van der Waals surface area contributed by atoms with Crippen LogP contribution in [0.4, 0.5) is 0 Å². The molecule has 0 spiro atoms. The number of nitrogens with one attached hydrogen (secondary N) is 1. The van der Waals surface area contributed by atoms with Crippen molar-refractivity contribution in [2.75, 3.05) is 0 Å². The molecule has 2 nitrogen and oxygen atoms in total. The van der Waals surface area contributed by atoms with Gasteiger partial charge in [0.05, 0.1) is 12.0 Å². The first-order valence-corrected chi connectivity index (χ1v) is 14.3. The van der Waals surface area contributed by atoms with Gasteiger partial charge < -0.3 is 0 Å². The summed E-state index contributed by atoms with van der Waals surface area (Å²) in [5.74, 6) is 2.09. The van der Waals surface area contributed by atoms with E-state index in [9.17, 15) is 0 Å². The molecule has 0 bridgehead atoms. The zero-order chi connectivity index (χ0) is 22.6. The molecular formula is C29H57N2+. The predicted molar refractivity (Wildman–Crippen MR) is 138 cm³/mol. The Morgan fingerprint density at radius 2 is 1.03 bits per heavy atom. The van der Waals surface area contributed by atoms with E-state index in [-0.39, 0.29) is 0 Å². The third-order valence-electron chi connectivity index (χ3n) is 7.15. The van der Waals surface area contributed by atoms with Gasteiger partial charge >= 0.3 is 0 Å². The lowest BCUT2D eigenvalue weighted by molar-refractivity contribution is -0.727. The van der Waals surface area contributed by atoms with E-state index in [4.69, 9.17) is 0 Å². The number of H-pyrrole nitrogens is 1. The SMILES string of the molecule is CCCCCCCCCCCCCCC(C)[n+]1cc[nH]c1C(C)CCCCCCCC. The summed E-state index contributed by atoms with van der Waals surface area (Å²) in [6.45, 7) is 9.41. The van der Waals surface area contributed by atoms with Gasteiger partial charge in [-0.05, 0) is 26.2 Å². The Bertz CT molecular complexity index is 493. The highest BCUT2D eigenvalue weighted by molar-refractivity contribution is 4.87. The van der Waals surface area contributed by atoms with E-state index < -0.39 is 0 Å². The van der Waals surface area contributed by atoms with Gasteiger partial charge in [0, 0.05) is 0 Å². The first-order valence-electron chi connectivity index (χ1n) is 14.3. The van der Waals surface area contributed by atoms with Gasteiger partial charge in [0.1, 0.15) is 12.4 Å². The van der Waals surface area contributed by atoms with Crippen molar-refractivity contribution in [3.63, 3.8) is 0 Å². The molecule has 0 saturated heterocycles. The van der Waals surface area contributed by atoms with Crippen molar-refractivity contribution in [3.05, 3.63) is 18.2 Å². The maximum atomic E-state index is 3.56. The molecule has 1 rings (SSSR count). The minimum absolute atomic E-state index is 0.622. The van der Waals surface area contributed by atoms with Gasteiger partial charge in [0.2, 0.25) is 0 Å². The molecule has 0 aliphatic carbocycles. The van der Waals surface area contributed by atoms with Gasteiger partial charge in [0.25, 0.3) is 5.82 Å². The zero-order valence-electron chi connectivity index (χ0n) is 21.9. The molecule has 31 heavy (non-hydrogen) atoms. The van der Waals surface area contributed by atoms with Crippen LogP contribution in [0, 0.1) is 0 Å². The number of hydrogen-bond donors (Lipinski definition) is 1. The lowest BCUT2D eigenvalue weighted by Gasteiger charge is -2.14. The average Bonchev–Trinajstić information content (AvgIpc) is 3.27. The molecule has 1 aromatic rings. The fraction of sp³-hybridized carbons (Fsp3) is 0.897. The van der Waals surface area contributed by atoms with Crippen molar-refractivity contribution in [3.8, 4) is 0 Å². The summed E-state index contributed by atoms with van der Waals surface area (Å²) in [6.07, 6.45) is 32.6. The fourth-order valence-corrected chi connectivity index (χ4v) is 4.93. The van der Waals surface area contributed by atoms with E-state index in [0.29, 0.717) is 12.0 Å². The van der Waals surface area contributed by atoms with E-state index in [1.165, 1.54) is 134 Å². The van der Waals surface area contributed by atoms with Crippen LogP contribution in [0.3, 0.4) is 0 Å². The highest BCUT2D eigenvalue weighted by atomic mass is 15.1. The molecule has 0 aliphatic heterocycles. The smallest absolute Gasteiger partial charge is 0.247 e. The first kappa shape index (κ1) is 28.2. The molecule has 2 heteroatoms. The van der Waals surface area contributed by atoms with Crippen LogP contribution in [-0.4, -0.2) is 4.98 Å². The fourth-order valence-electron chi connectivity index (χ4n) is 4.93. The van der Waals surface area contributed by atoms with Crippen molar-refractivity contribution >= 4 is 0 Å². The Labute approximate surface area is 196 Å². The topological polar surface area (TPSA) is 19.7 Å². The van der Waals surface area contributed by atoms with Crippen molar-refractivity contribution in [1.82, 2.24) is 4.98 Å². The van der Waals surface area contributed by atoms with E-state index in [1.807, 2.05) is 0 Å². The molecule has 2 unspecified atom stereocenters. The van der Waals surface area contributed by atoms with Gasteiger partial charge in [-0.25, -0.2) is 9.55 Å². The number of aromatic nitrogens is 2. The first-order chi connectivity index (χ1) is 15.2. The van der Waals surface area contributed by atoms with Crippen molar-refractivity contribution < 1.29 is 4.57 Å². The van der Waals surface area contributed by atoms with Crippen LogP contribution in [0.25, 0.3) is 0 Å². The summed E-state index contributed by atoms with van der Waals surface area (Å²) in [5.41, 5.74) is 0. The van der Waals surface area contributed by atoms with Crippen molar-refractivity contribution in [2.24, 2.45) is 0 Å². The van der Waals surface area contributed by atoms with Crippen LogP contribution < -0.4 is 4.57 Å². The van der Waals surface area contributed by atoms with Crippen LogP contribution >= 0.6 is 0 Å². The van der Waals surface area contributed by atoms with Gasteiger partial charge in [-0.1, -0.05) is 130 Å². The van der Waals surface area contributed by atoms with Gasteiger partial charge in [-0.2, -0.15) is 0 Å². The number of unbranched alkanes of at least 4 members (excludes halogenated alkanes) is 16. The number of rotatable bonds is 22. The minimum atomic E-state index is 0.622. The standard InChI is InChI=1S/C29H56N2/c1-5-7-9-11-13-14-15-16-17-18-20-22-24-28(4)31-26-25-30-29(31)27(3)23-21-19-12-10-8-6-2/h25-28H,5-24H2,1-4H3/p+1. The molecule has 1 N–H and O–H groups in total. The zero-order valence-corrected chi connectivity index (χ0v) is 21.9. The van der Waals surface area contributed by atoms with Crippen LogP contribution in [0.1, 0.15) is 174 Å². The highest BCUT2D eigenvalue weighted by Gasteiger charge is 2.22. The molecular weight excluding hydrogens is 376 g/mol. The second-order valence-electron chi connectivity index (χ2n) is 10.2. The molecule has 1 aromatic heterocycles. The molecule has 0 saturated carbocycles. The Kier molecular flexibility index (Phi) is 18.1. The second-order valence-corrected chi connectivity index (χ2v) is 10.2. The summed E-state index contributed by atoms with van der Waals surface area (Å²) < 4.78 is 2.53. The highest BCUT2D eigenvalue weighted by Crippen LogP contribution is 2.21. The molecule has 0 amide bonds. The third kappa shape index (κ3) is 14.1. The van der Waals surface area contributed by atoms with Crippen molar-refractivity contribution in [1.29, 1.82) is 0 Å². The molecule has 0 fully saturated rings. The summed E-state index contributed by atoms with van der Waals surface area (Å²) in [5, 5.41) is 0. The Hall–Kier alpha value is -0.790. The lowest BCUT2D eigenvalue weighted by atomic mass is 10.00. The van der Waals surface area contributed by atoms with Crippen LogP contribution in [0.2, 0.25) is 0 Å². The van der Waals surface area contributed by atoms with Crippen LogP contribution in [0.5, 0.6) is 0 Å². The largest absolute Gasteiger partial charge is 0.257 e. The Balaban J connectivity index is 2.09. The van der Waals surface area contributed by atoms with Crippen molar-refractivity contribution in [2.45, 2.75) is 168 Å². The molecule has 1 heterocycles. The summed E-state index contributed by atoms with van der Waals surface area (Å²) >= 11 is 0. The summed E-state index contributed by atoms with van der Waals surface area (Å²) in [6, 6.07) is 0.622. The summed E-state index contributed by atoms with van der Waals surface area (Å²) in [7, 11) is 0. The molecule has 182 valence electrons. The second kappa shape index (κ2) is 19.9. The quantitative estimate of drug-likeness (QED) is 0.139. The van der Waals surface area contributed by atoms with Gasteiger partial charge in [0.15, 0.2) is 0 Å². The molecule has 0 radical (unpaired) electrons. The van der Waals surface area contributed by atoms with Crippen LogP contribution in [0.15, 0.2) is 12.4 Å². The van der Waals surface area contributed by atoms with Gasteiger partial charge in [-0.3, -0.25) is 0 Å². The lowest BCUT2D eigenvalue weighted by Crippen LogP contribution is -2.40. The van der Waals surface area contributed by atoms with Gasteiger partial charge in [-0.15, -0.1) is 0 Å². The Morgan fingerprint density at radius 3 is 1.52 bits per heavy atom. The normalized spacial score (nSPS) is 13.5. The third-order valence-corrected chi connectivity index (χ3v) is 7.15. The summed E-state index contributed by atoms with van der Waals surface area (Å²) in [4.78, 5) is 3.56. The maximum Gasteiger partial charge on any atom is 0.257 e. The predicted octanol–water partition coefficient (Wildman–Crippen LogP) is 9.81. The van der Waals surface area contributed by atoms with E-state index in [0.717, 1.165) is 0 Å². The molecule has 0 aromatic carbocycles. The number of aromatic amines is 1. The van der Waals surface area contributed by atoms with Crippen LogP contribution in [-0.2, 0) is 0 Å². The Morgan fingerprint density at radius 1 is 0.613 bits per heavy atom. The molecule has 2 atom stereocenters. The minimum Gasteiger partial charge on any atom is -0.247 e. The van der Waals surface area contributed by atoms with E-state index in [1.54, 1.807) is 0 Å².